The van der Waals surface area contributed by atoms with E-state index in [4.69, 9.17) is 9.29 Å². The number of ether oxygens (including phenoxy) is 1. The van der Waals surface area contributed by atoms with E-state index in [-0.39, 0.29) is 40.9 Å². The fraction of sp³-hybridized carbons (Fsp3) is 0.125. The zero-order chi connectivity index (χ0) is 10.8. The van der Waals surface area contributed by atoms with E-state index in [1.807, 2.05) is 0 Å². The molecule has 15 heavy (non-hydrogen) atoms. The van der Waals surface area contributed by atoms with Crippen LogP contribution < -0.4 is 34.3 Å². The minimum atomic E-state index is -4.36. The van der Waals surface area contributed by atoms with Gasteiger partial charge in [0.05, 0.1) is 7.11 Å². The Hall–Kier alpha value is -0.400. The van der Waals surface area contributed by atoms with Crippen LogP contribution in [0.3, 0.4) is 0 Å². The van der Waals surface area contributed by atoms with Gasteiger partial charge >= 0.3 is 29.6 Å². The summed E-state index contributed by atoms with van der Waals surface area (Å²) >= 11 is 0. The zero-order valence-corrected chi connectivity index (χ0v) is 11.1. The van der Waals surface area contributed by atoms with Crippen LogP contribution in [0.25, 0.3) is 0 Å². The average molecular weight is 239 g/mol. The van der Waals surface area contributed by atoms with Crippen LogP contribution in [-0.2, 0) is 10.1 Å². The molecule has 0 heterocycles. The van der Waals surface area contributed by atoms with Gasteiger partial charge in [0, 0.05) is 5.56 Å². The number of methoxy groups -OCH3 is 1. The topological polar surface area (TPSA) is 80.7 Å². The molecule has 0 aliphatic carbocycles. The summed E-state index contributed by atoms with van der Waals surface area (Å²) in [5, 5.41) is 0. The van der Waals surface area contributed by atoms with Crippen molar-refractivity contribution < 1.29 is 52.1 Å². The number of aldehydes is 1. The second-order valence-electron chi connectivity index (χ2n) is 2.50. The van der Waals surface area contributed by atoms with E-state index in [0.717, 1.165) is 6.07 Å². The largest absolute Gasteiger partial charge is 1.00 e. The molecule has 0 aliphatic heterocycles. The predicted octanol–water partition coefficient (Wildman–Crippen LogP) is -2.24. The van der Waals surface area contributed by atoms with E-state index < -0.39 is 15.0 Å². The van der Waals surface area contributed by atoms with Crippen molar-refractivity contribution in [2.75, 3.05) is 7.11 Å². The van der Waals surface area contributed by atoms with Crippen molar-refractivity contribution in [2.24, 2.45) is 0 Å². The van der Waals surface area contributed by atoms with E-state index in [0.29, 0.717) is 6.29 Å². The summed E-state index contributed by atoms with van der Waals surface area (Å²) in [6.07, 6.45) is 0.480. The fourth-order valence-electron chi connectivity index (χ4n) is 0.968. The monoisotopic (exact) mass is 239 g/mol. The van der Waals surface area contributed by atoms with Crippen LogP contribution in [0.1, 0.15) is 10.4 Å². The van der Waals surface area contributed by atoms with Crippen LogP contribution in [0.2, 0.25) is 0 Å². The molecular formula is C8H8NaO5S+. The molecule has 7 heteroatoms. The Labute approximate surface area is 109 Å². The molecule has 0 atom stereocenters. The standard InChI is InChI=1S/C8H8O5S.Na/c1-13-7-3-2-6(5-9)4-8(7)14(10,11)12;/h2-5H,1H3,(H,10,11,12);/q;+1. The number of hydrogen-bond acceptors (Lipinski definition) is 4. The number of rotatable bonds is 3. The summed E-state index contributed by atoms with van der Waals surface area (Å²) in [4.78, 5) is 9.96. The van der Waals surface area contributed by atoms with Crippen molar-refractivity contribution in [2.45, 2.75) is 4.90 Å². The molecular weight excluding hydrogens is 231 g/mol. The molecule has 76 valence electrons. The first kappa shape index (κ1) is 14.6. The van der Waals surface area contributed by atoms with Gasteiger partial charge in [0.15, 0.2) is 0 Å². The molecule has 0 unspecified atom stereocenters. The molecule has 1 rings (SSSR count). The van der Waals surface area contributed by atoms with E-state index in [9.17, 15) is 13.2 Å². The summed E-state index contributed by atoms with van der Waals surface area (Å²) in [6, 6.07) is 3.73. The van der Waals surface area contributed by atoms with Gasteiger partial charge in [0.2, 0.25) is 0 Å². The van der Waals surface area contributed by atoms with Crippen molar-refractivity contribution in [1.29, 1.82) is 0 Å². The number of carbonyl (C=O) groups excluding carboxylic acids is 1. The van der Waals surface area contributed by atoms with Gasteiger partial charge < -0.3 is 4.74 Å². The average Bonchev–Trinajstić information content (AvgIpc) is 2.15. The molecule has 0 bridgehead atoms. The van der Waals surface area contributed by atoms with Crippen LogP contribution in [0.15, 0.2) is 23.1 Å². The van der Waals surface area contributed by atoms with E-state index in [1.54, 1.807) is 0 Å². The Kier molecular flexibility index (Phi) is 5.47. The van der Waals surface area contributed by atoms with E-state index >= 15 is 0 Å². The van der Waals surface area contributed by atoms with Crippen molar-refractivity contribution in [1.82, 2.24) is 0 Å². The summed E-state index contributed by atoms with van der Waals surface area (Å²) in [5.74, 6) is -0.00176. The quantitative estimate of drug-likeness (QED) is 0.366. The van der Waals surface area contributed by atoms with Crippen LogP contribution in [-0.4, -0.2) is 26.4 Å². The van der Waals surface area contributed by atoms with Gasteiger partial charge in [-0.1, -0.05) is 0 Å². The molecule has 1 N–H and O–H groups in total. The minimum Gasteiger partial charge on any atom is -0.495 e. The fourth-order valence-corrected chi connectivity index (χ4v) is 1.66. The summed E-state index contributed by atoms with van der Waals surface area (Å²) in [6.45, 7) is 0. The third-order valence-corrected chi connectivity index (χ3v) is 2.48. The Bertz CT molecular complexity index is 454. The Balaban J connectivity index is 0.00000196. The Morgan fingerprint density at radius 3 is 2.40 bits per heavy atom. The van der Waals surface area contributed by atoms with Gasteiger partial charge in [0.1, 0.15) is 16.9 Å². The molecule has 0 amide bonds. The van der Waals surface area contributed by atoms with E-state index in [2.05, 4.69) is 0 Å². The third-order valence-electron chi connectivity index (χ3n) is 1.60. The maximum atomic E-state index is 10.8. The maximum absolute atomic E-state index is 10.8. The predicted molar refractivity (Wildman–Crippen MR) is 48.2 cm³/mol. The molecule has 0 radical (unpaired) electrons. The minimum absolute atomic E-state index is 0. The van der Waals surface area contributed by atoms with E-state index in [1.165, 1.54) is 19.2 Å². The van der Waals surface area contributed by atoms with Crippen LogP contribution in [0, 0.1) is 0 Å². The molecule has 0 aromatic heterocycles. The molecule has 0 spiro atoms. The molecule has 1 aromatic carbocycles. The SMILES string of the molecule is COc1ccc(C=O)cc1S(=O)(=O)O.[Na+]. The zero-order valence-electron chi connectivity index (χ0n) is 8.30. The summed E-state index contributed by atoms with van der Waals surface area (Å²) in [7, 11) is -3.09. The second kappa shape index (κ2) is 5.62. The van der Waals surface area contributed by atoms with Gasteiger partial charge in [-0.3, -0.25) is 9.35 Å². The van der Waals surface area contributed by atoms with Crippen LogP contribution >= 0.6 is 0 Å². The maximum Gasteiger partial charge on any atom is 1.00 e. The van der Waals surface area contributed by atoms with Crippen LogP contribution in [0.5, 0.6) is 5.75 Å². The number of hydrogen-bond donors (Lipinski definition) is 1. The Morgan fingerprint density at radius 1 is 1.40 bits per heavy atom. The van der Waals surface area contributed by atoms with Gasteiger partial charge in [-0.05, 0) is 18.2 Å². The van der Waals surface area contributed by atoms with Crippen LogP contribution in [0.4, 0.5) is 0 Å². The first-order chi connectivity index (χ1) is 6.49. The van der Waals surface area contributed by atoms with Crippen molar-refractivity contribution in [3.05, 3.63) is 23.8 Å². The van der Waals surface area contributed by atoms with Crippen molar-refractivity contribution in [3.8, 4) is 5.75 Å². The van der Waals surface area contributed by atoms with Gasteiger partial charge in [-0.2, -0.15) is 8.42 Å². The van der Waals surface area contributed by atoms with Gasteiger partial charge in [-0.25, -0.2) is 0 Å². The first-order valence-corrected chi connectivity index (χ1v) is 5.03. The molecule has 0 fully saturated rings. The number of benzene rings is 1. The molecule has 5 nitrogen and oxygen atoms in total. The van der Waals surface area contributed by atoms with Gasteiger partial charge in [0.25, 0.3) is 10.1 Å². The number of carbonyl (C=O) groups is 1. The first-order valence-electron chi connectivity index (χ1n) is 3.59. The third kappa shape index (κ3) is 3.58. The molecule has 1 aromatic rings. The van der Waals surface area contributed by atoms with Crippen molar-refractivity contribution in [3.63, 3.8) is 0 Å². The molecule has 0 saturated carbocycles. The second-order valence-corrected chi connectivity index (χ2v) is 3.89. The molecule has 0 aliphatic rings. The molecule has 0 saturated heterocycles. The smallest absolute Gasteiger partial charge is 0.495 e. The summed E-state index contributed by atoms with van der Waals surface area (Å²) in [5.41, 5.74) is 0.151. The van der Waals surface area contributed by atoms with Crippen molar-refractivity contribution >= 4 is 16.4 Å². The summed E-state index contributed by atoms with van der Waals surface area (Å²) < 4.78 is 35.2. The normalized spacial score (nSPS) is 10.3. The Morgan fingerprint density at radius 2 is 2.00 bits per heavy atom. The van der Waals surface area contributed by atoms with Gasteiger partial charge in [-0.15, -0.1) is 0 Å².